The second-order valence-corrected chi connectivity index (χ2v) is 5.27. The number of thiophene rings is 1. The minimum Gasteiger partial charge on any atom is -0.304 e. The summed E-state index contributed by atoms with van der Waals surface area (Å²) in [6, 6.07) is 21.1. The average Bonchev–Trinajstić information content (AvgIpc) is 2.99. The number of anilines is 3. The molecule has 104 valence electrons. The van der Waals surface area contributed by atoms with Crippen LogP contribution in [0.2, 0.25) is 0 Å². The Kier molecular flexibility index (Phi) is 3.66. The third kappa shape index (κ3) is 2.64. The summed E-state index contributed by atoms with van der Waals surface area (Å²) < 4.78 is 0. The monoisotopic (exact) mass is 296 g/mol. The van der Waals surface area contributed by atoms with Crippen LogP contribution >= 0.6 is 11.3 Å². The van der Waals surface area contributed by atoms with Crippen molar-refractivity contribution in [3.05, 3.63) is 82.2 Å². The largest absolute Gasteiger partial charge is 0.347 e. The van der Waals surface area contributed by atoms with Crippen LogP contribution in [-0.2, 0) is 0 Å². The Bertz CT molecular complexity index is 702. The van der Waals surface area contributed by atoms with E-state index < -0.39 is 0 Å². The van der Waals surface area contributed by atoms with Gasteiger partial charge >= 0.3 is 5.00 Å². The molecule has 5 heteroatoms. The molecule has 3 rings (SSSR count). The lowest BCUT2D eigenvalue weighted by molar-refractivity contribution is -0.379. The molecule has 4 nitrogen and oxygen atoms in total. The molecule has 0 aliphatic carbocycles. The molecule has 0 radical (unpaired) electrons. The standard InChI is InChI=1S/C16H12N2O2S/c19-18(20)16-15(11-12-21-16)17(13-7-3-1-4-8-13)14-9-5-2-6-10-14/h1-12H. The Morgan fingerprint density at radius 3 is 1.86 bits per heavy atom. The maximum Gasteiger partial charge on any atom is 0.347 e. The van der Waals surface area contributed by atoms with E-state index in [1.807, 2.05) is 65.6 Å². The quantitative estimate of drug-likeness (QED) is 0.495. The summed E-state index contributed by atoms with van der Waals surface area (Å²) >= 11 is 1.13. The third-order valence-electron chi connectivity index (χ3n) is 3.06. The minimum atomic E-state index is -0.334. The highest BCUT2D eigenvalue weighted by molar-refractivity contribution is 7.14. The van der Waals surface area contributed by atoms with Gasteiger partial charge < -0.3 is 4.90 Å². The van der Waals surface area contributed by atoms with Crippen molar-refractivity contribution >= 4 is 33.4 Å². The number of nitrogens with zero attached hydrogens (tertiary/aromatic N) is 2. The van der Waals surface area contributed by atoms with Crippen LogP contribution in [0.25, 0.3) is 0 Å². The van der Waals surface area contributed by atoms with Gasteiger partial charge in [0.15, 0.2) is 0 Å². The molecule has 0 N–H and O–H groups in total. The Balaban J connectivity index is 2.18. The van der Waals surface area contributed by atoms with Crippen molar-refractivity contribution in [1.29, 1.82) is 0 Å². The zero-order valence-electron chi connectivity index (χ0n) is 11.0. The lowest BCUT2D eigenvalue weighted by Crippen LogP contribution is -2.10. The molecule has 0 aliphatic rings. The van der Waals surface area contributed by atoms with Crippen LogP contribution in [0.3, 0.4) is 0 Å². The summed E-state index contributed by atoms with van der Waals surface area (Å²) in [7, 11) is 0. The van der Waals surface area contributed by atoms with Gasteiger partial charge in [0.1, 0.15) is 5.69 Å². The smallest absolute Gasteiger partial charge is 0.304 e. The predicted octanol–water partition coefficient (Wildman–Crippen LogP) is 5.13. The molecule has 0 atom stereocenters. The van der Waals surface area contributed by atoms with Crippen molar-refractivity contribution in [3.63, 3.8) is 0 Å². The maximum atomic E-state index is 11.2. The van der Waals surface area contributed by atoms with Crippen LogP contribution in [-0.4, -0.2) is 4.92 Å². The minimum absolute atomic E-state index is 0.141. The molecule has 0 saturated heterocycles. The van der Waals surface area contributed by atoms with E-state index in [-0.39, 0.29) is 9.92 Å². The fourth-order valence-electron chi connectivity index (χ4n) is 2.18. The Labute approximate surface area is 126 Å². The number of rotatable bonds is 4. The third-order valence-corrected chi connectivity index (χ3v) is 3.91. The van der Waals surface area contributed by atoms with Crippen molar-refractivity contribution in [1.82, 2.24) is 0 Å². The van der Waals surface area contributed by atoms with Crippen LogP contribution < -0.4 is 4.90 Å². The number of hydrogen-bond acceptors (Lipinski definition) is 4. The molecule has 0 bridgehead atoms. The molecule has 0 spiro atoms. The first-order valence-electron chi connectivity index (χ1n) is 6.39. The first kappa shape index (κ1) is 13.3. The highest BCUT2D eigenvalue weighted by atomic mass is 32.1. The van der Waals surface area contributed by atoms with Crippen LogP contribution in [0.1, 0.15) is 0 Å². The summed E-state index contributed by atoms with van der Waals surface area (Å²) in [6.07, 6.45) is 0. The van der Waals surface area contributed by atoms with Gasteiger partial charge in [-0.05, 0) is 35.7 Å². The molecule has 0 unspecified atom stereocenters. The highest BCUT2D eigenvalue weighted by Crippen LogP contribution is 2.42. The van der Waals surface area contributed by atoms with E-state index in [2.05, 4.69) is 0 Å². The van der Waals surface area contributed by atoms with Crippen LogP contribution in [0, 0.1) is 10.1 Å². The molecule has 0 amide bonds. The van der Waals surface area contributed by atoms with E-state index >= 15 is 0 Å². The van der Waals surface area contributed by atoms with Crippen molar-refractivity contribution in [2.75, 3.05) is 4.90 Å². The summed E-state index contributed by atoms with van der Waals surface area (Å²) in [6.45, 7) is 0. The van der Waals surface area contributed by atoms with E-state index in [0.717, 1.165) is 22.7 Å². The zero-order valence-corrected chi connectivity index (χ0v) is 11.9. The van der Waals surface area contributed by atoms with Crippen LogP contribution in [0.15, 0.2) is 72.1 Å². The van der Waals surface area contributed by atoms with Crippen LogP contribution in [0.5, 0.6) is 0 Å². The van der Waals surface area contributed by atoms with Gasteiger partial charge in [0.2, 0.25) is 0 Å². The van der Waals surface area contributed by atoms with E-state index in [0.29, 0.717) is 5.69 Å². The van der Waals surface area contributed by atoms with Gasteiger partial charge in [-0.15, -0.1) is 0 Å². The fourth-order valence-corrected chi connectivity index (χ4v) is 2.87. The van der Waals surface area contributed by atoms with E-state index in [9.17, 15) is 10.1 Å². The zero-order chi connectivity index (χ0) is 14.7. The number of benzene rings is 2. The molecule has 2 aromatic carbocycles. The summed E-state index contributed by atoms with van der Waals surface area (Å²) in [4.78, 5) is 12.8. The number of para-hydroxylation sites is 2. The molecule has 3 aromatic rings. The second kappa shape index (κ2) is 5.76. The summed E-state index contributed by atoms with van der Waals surface area (Å²) in [5.41, 5.74) is 2.37. The lowest BCUT2D eigenvalue weighted by atomic mass is 10.2. The van der Waals surface area contributed by atoms with Gasteiger partial charge in [0.25, 0.3) is 0 Å². The van der Waals surface area contributed by atoms with Gasteiger partial charge in [-0.25, -0.2) is 0 Å². The van der Waals surface area contributed by atoms with Gasteiger partial charge in [-0.1, -0.05) is 47.7 Å². The van der Waals surface area contributed by atoms with Crippen molar-refractivity contribution in [2.24, 2.45) is 0 Å². The van der Waals surface area contributed by atoms with E-state index in [1.165, 1.54) is 0 Å². The fraction of sp³-hybridized carbons (Fsp3) is 0. The summed E-state index contributed by atoms with van der Waals surface area (Å²) in [5, 5.41) is 13.1. The molecule has 0 saturated carbocycles. The topological polar surface area (TPSA) is 46.4 Å². The van der Waals surface area contributed by atoms with E-state index in [4.69, 9.17) is 0 Å². The number of hydrogen-bond donors (Lipinski definition) is 0. The van der Waals surface area contributed by atoms with Crippen molar-refractivity contribution in [3.8, 4) is 0 Å². The van der Waals surface area contributed by atoms with Gasteiger partial charge in [-0.2, -0.15) is 0 Å². The molecule has 0 aliphatic heterocycles. The Hall–Kier alpha value is -2.66. The first-order chi connectivity index (χ1) is 10.3. The summed E-state index contributed by atoms with van der Waals surface area (Å²) in [5.74, 6) is 0. The van der Waals surface area contributed by atoms with Gasteiger partial charge in [0.05, 0.1) is 4.92 Å². The van der Waals surface area contributed by atoms with E-state index in [1.54, 1.807) is 11.4 Å². The lowest BCUT2D eigenvalue weighted by Gasteiger charge is -2.23. The van der Waals surface area contributed by atoms with Gasteiger partial charge in [0, 0.05) is 11.4 Å². The highest BCUT2D eigenvalue weighted by Gasteiger charge is 2.23. The Morgan fingerprint density at radius 2 is 1.38 bits per heavy atom. The predicted molar refractivity (Wildman–Crippen MR) is 85.7 cm³/mol. The Morgan fingerprint density at radius 1 is 0.857 bits per heavy atom. The SMILES string of the molecule is O=[N+]([O-])c1sccc1N(c1ccccc1)c1ccccc1. The first-order valence-corrected chi connectivity index (χ1v) is 7.27. The molecule has 1 heterocycles. The molecular formula is C16H12N2O2S. The van der Waals surface area contributed by atoms with Crippen LogP contribution in [0.4, 0.5) is 22.1 Å². The molecule has 0 fully saturated rings. The average molecular weight is 296 g/mol. The number of nitro groups is 1. The normalized spacial score (nSPS) is 10.3. The molecular weight excluding hydrogens is 284 g/mol. The maximum absolute atomic E-state index is 11.2. The van der Waals surface area contributed by atoms with Gasteiger partial charge in [-0.3, -0.25) is 10.1 Å². The molecule has 1 aromatic heterocycles. The van der Waals surface area contributed by atoms with Crippen molar-refractivity contribution < 1.29 is 4.92 Å². The molecule has 21 heavy (non-hydrogen) atoms. The second-order valence-electron chi connectivity index (χ2n) is 4.37. The van der Waals surface area contributed by atoms with Crippen molar-refractivity contribution in [2.45, 2.75) is 0 Å².